The zero-order valence-electron chi connectivity index (χ0n) is 8.96. The number of anilines is 1. The summed E-state index contributed by atoms with van der Waals surface area (Å²) in [6, 6.07) is -0.247. The summed E-state index contributed by atoms with van der Waals surface area (Å²) < 4.78 is 64.4. The highest BCUT2D eigenvalue weighted by Crippen LogP contribution is 2.26. The van der Waals surface area contributed by atoms with Crippen LogP contribution in [0.1, 0.15) is 13.3 Å². The molecule has 0 bridgehead atoms. The van der Waals surface area contributed by atoms with Crippen LogP contribution in [-0.2, 0) is 0 Å². The Morgan fingerprint density at radius 2 is 1.35 bits per heavy atom. The fourth-order valence-electron chi connectivity index (χ4n) is 1.18. The molecule has 2 nitrogen and oxygen atoms in total. The Bertz CT molecular complexity index is 391. The van der Waals surface area contributed by atoms with Gasteiger partial charge in [-0.25, -0.2) is 22.0 Å². The lowest BCUT2D eigenvalue weighted by molar-refractivity contribution is 0.381. The number of nitrogens with one attached hydrogen (secondary N) is 1. The van der Waals surface area contributed by atoms with Gasteiger partial charge in [0, 0.05) is 12.6 Å². The number of hydrogen-bond acceptors (Lipinski definition) is 2. The molecule has 0 fully saturated rings. The Balaban J connectivity index is 2.99. The van der Waals surface area contributed by atoms with Crippen molar-refractivity contribution in [2.45, 2.75) is 19.4 Å². The van der Waals surface area contributed by atoms with E-state index in [2.05, 4.69) is 5.32 Å². The molecule has 17 heavy (non-hydrogen) atoms. The van der Waals surface area contributed by atoms with Crippen molar-refractivity contribution in [1.82, 2.24) is 0 Å². The number of nitrogens with two attached hydrogens (primary N) is 1. The largest absolute Gasteiger partial charge is 0.380 e. The second-order valence-electron chi connectivity index (χ2n) is 3.64. The van der Waals surface area contributed by atoms with E-state index in [0.29, 0.717) is 6.42 Å². The van der Waals surface area contributed by atoms with Crippen LogP contribution in [0, 0.1) is 29.1 Å². The highest BCUT2D eigenvalue weighted by molar-refractivity contribution is 5.47. The first kappa shape index (κ1) is 13.7. The molecular formula is C10H11F5N2. The van der Waals surface area contributed by atoms with Gasteiger partial charge in [-0.05, 0) is 13.3 Å². The van der Waals surface area contributed by atoms with Gasteiger partial charge >= 0.3 is 0 Å². The number of hydrogen-bond donors (Lipinski definition) is 2. The summed E-state index contributed by atoms with van der Waals surface area (Å²) in [4.78, 5) is 0. The molecule has 7 heteroatoms. The Hall–Kier alpha value is -1.37. The predicted octanol–water partition coefficient (Wildman–Crippen LogP) is 2.53. The maximum absolute atomic E-state index is 13.1. The molecule has 1 unspecified atom stereocenters. The molecule has 0 heterocycles. The van der Waals surface area contributed by atoms with Gasteiger partial charge in [0.1, 0.15) is 5.69 Å². The van der Waals surface area contributed by atoms with Crippen molar-refractivity contribution in [3.8, 4) is 0 Å². The summed E-state index contributed by atoms with van der Waals surface area (Å²) in [6.07, 6.45) is 0.333. The first-order valence-corrected chi connectivity index (χ1v) is 4.87. The minimum Gasteiger partial charge on any atom is -0.380 e. The molecule has 0 saturated carbocycles. The molecule has 3 N–H and O–H groups in total. The van der Waals surface area contributed by atoms with E-state index in [-0.39, 0.29) is 12.6 Å². The van der Waals surface area contributed by atoms with Crippen LogP contribution in [-0.4, -0.2) is 12.6 Å². The van der Waals surface area contributed by atoms with Crippen molar-refractivity contribution in [1.29, 1.82) is 0 Å². The van der Waals surface area contributed by atoms with E-state index in [1.807, 2.05) is 0 Å². The fourth-order valence-corrected chi connectivity index (χ4v) is 1.18. The highest BCUT2D eigenvalue weighted by atomic mass is 19.2. The first-order valence-electron chi connectivity index (χ1n) is 4.87. The summed E-state index contributed by atoms with van der Waals surface area (Å²) in [5.74, 6) is -9.84. The van der Waals surface area contributed by atoms with Crippen molar-refractivity contribution < 1.29 is 22.0 Å². The molecule has 0 aliphatic carbocycles. The van der Waals surface area contributed by atoms with Crippen LogP contribution in [0.2, 0.25) is 0 Å². The molecule has 0 radical (unpaired) electrons. The zero-order valence-corrected chi connectivity index (χ0v) is 8.96. The van der Waals surface area contributed by atoms with Gasteiger partial charge < -0.3 is 11.1 Å². The minimum atomic E-state index is -2.17. The van der Waals surface area contributed by atoms with Crippen molar-refractivity contribution in [2.24, 2.45) is 5.73 Å². The third kappa shape index (κ3) is 2.85. The van der Waals surface area contributed by atoms with Crippen LogP contribution in [0.5, 0.6) is 0 Å². The second-order valence-corrected chi connectivity index (χ2v) is 3.64. The normalized spacial score (nSPS) is 12.6. The molecule has 0 aromatic heterocycles. The zero-order chi connectivity index (χ0) is 13.2. The Morgan fingerprint density at radius 1 is 0.941 bits per heavy atom. The maximum atomic E-state index is 13.1. The fraction of sp³-hybridized carbons (Fsp3) is 0.400. The van der Waals surface area contributed by atoms with E-state index >= 15 is 0 Å². The van der Waals surface area contributed by atoms with Crippen LogP contribution in [0.4, 0.5) is 27.6 Å². The van der Waals surface area contributed by atoms with Crippen molar-refractivity contribution in [3.05, 3.63) is 29.1 Å². The molecule has 1 aromatic rings. The smallest absolute Gasteiger partial charge is 0.200 e. The monoisotopic (exact) mass is 254 g/mol. The molecule has 0 aliphatic rings. The SMILES string of the molecule is CC(N)CCNc1c(F)c(F)c(F)c(F)c1F. The molecule has 0 spiro atoms. The summed E-state index contributed by atoms with van der Waals surface area (Å²) in [7, 11) is 0. The molecule has 0 amide bonds. The van der Waals surface area contributed by atoms with Gasteiger partial charge in [0.15, 0.2) is 23.3 Å². The summed E-state index contributed by atoms with van der Waals surface area (Å²) >= 11 is 0. The lowest BCUT2D eigenvalue weighted by Gasteiger charge is -2.11. The maximum Gasteiger partial charge on any atom is 0.200 e. The van der Waals surface area contributed by atoms with Crippen molar-refractivity contribution >= 4 is 5.69 Å². The van der Waals surface area contributed by atoms with Gasteiger partial charge in [-0.2, -0.15) is 0 Å². The summed E-state index contributed by atoms with van der Waals surface area (Å²) in [5.41, 5.74) is 4.36. The lowest BCUT2D eigenvalue weighted by Crippen LogP contribution is -2.20. The molecule has 1 rings (SSSR count). The van der Waals surface area contributed by atoms with Gasteiger partial charge in [-0.1, -0.05) is 0 Å². The topological polar surface area (TPSA) is 38.0 Å². The molecule has 0 aliphatic heterocycles. The van der Waals surface area contributed by atoms with E-state index in [4.69, 9.17) is 5.73 Å². The number of halogens is 5. The van der Waals surface area contributed by atoms with E-state index in [1.54, 1.807) is 6.92 Å². The summed E-state index contributed by atoms with van der Waals surface area (Å²) in [5, 5.41) is 2.14. The van der Waals surface area contributed by atoms with Crippen molar-refractivity contribution in [3.63, 3.8) is 0 Å². The van der Waals surface area contributed by atoms with Gasteiger partial charge in [0.25, 0.3) is 0 Å². The quantitative estimate of drug-likeness (QED) is 0.492. The average molecular weight is 254 g/mol. The third-order valence-corrected chi connectivity index (χ3v) is 2.11. The number of rotatable bonds is 4. The van der Waals surface area contributed by atoms with Gasteiger partial charge in [0.2, 0.25) is 5.82 Å². The molecule has 1 atom stereocenters. The van der Waals surface area contributed by atoms with Gasteiger partial charge in [-0.15, -0.1) is 0 Å². The molecular weight excluding hydrogens is 243 g/mol. The van der Waals surface area contributed by atoms with Gasteiger partial charge in [-0.3, -0.25) is 0 Å². The lowest BCUT2D eigenvalue weighted by atomic mass is 10.2. The Morgan fingerprint density at radius 3 is 1.76 bits per heavy atom. The minimum absolute atomic E-state index is 0.00994. The summed E-state index contributed by atoms with van der Waals surface area (Å²) in [6.45, 7) is 1.66. The van der Waals surface area contributed by atoms with Crippen LogP contribution in [0.3, 0.4) is 0 Å². The van der Waals surface area contributed by atoms with E-state index < -0.39 is 34.8 Å². The number of benzene rings is 1. The third-order valence-electron chi connectivity index (χ3n) is 2.11. The van der Waals surface area contributed by atoms with Crippen LogP contribution < -0.4 is 11.1 Å². The van der Waals surface area contributed by atoms with E-state index in [0.717, 1.165) is 0 Å². The standard InChI is InChI=1S/C10H11F5N2/c1-4(16)2-3-17-10-8(14)6(12)5(11)7(13)9(10)15/h4,17H,2-3,16H2,1H3. The van der Waals surface area contributed by atoms with Gasteiger partial charge in [0.05, 0.1) is 0 Å². The predicted molar refractivity (Wildman–Crippen MR) is 53.0 cm³/mol. The van der Waals surface area contributed by atoms with Crippen molar-refractivity contribution in [2.75, 3.05) is 11.9 Å². The van der Waals surface area contributed by atoms with Crippen LogP contribution in [0.15, 0.2) is 0 Å². The molecule has 0 saturated heterocycles. The second kappa shape index (κ2) is 5.31. The Labute approximate surface area is 94.6 Å². The first-order chi connectivity index (χ1) is 7.86. The van der Waals surface area contributed by atoms with Crippen LogP contribution in [0.25, 0.3) is 0 Å². The van der Waals surface area contributed by atoms with E-state index in [9.17, 15) is 22.0 Å². The van der Waals surface area contributed by atoms with E-state index in [1.165, 1.54) is 0 Å². The Kier molecular flexibility index (Phi) is 4.28. The molecule has 96 valence electrons. The highest BCUT2D eigenvalue weighted by Gasteiger charge is 2.25. The molecule has 1 aromatic carbocycles. The van der Waals surface area contributed by atoms with Crippen LogP contribution >= 0.6 is 0 Å². The average Bonchev–Trinajstić information content (AvgIpc) is 2.28.